The van der Waals surface area contributed by atoms with Gasteiger partial charge in [-0.1, -0.05) is 0 Å². The molecule has 7 heteroatoms. The predicted octanol–water partition coefficient (Wildman–Crippen LogP) is -1.17. The van der Waals surface area contributed by atoms with Crippen molar-refractivity contribution >= 4 is 13.5 Å². The zero-order chi connectivity index (χ0) is 10.6. The first-order chi connectivity index (χ1) is 7.20. The van der Waals surface area contributed by atoms with Gasteiger partial charge in [-0.25, -0.2) is 4.52 Å². The molecule has 2 aromatic heterocycles. The Morgan fingerprint density at radius 2 is 2.13 bits per heavy atom. The van der Waals surface area contributed by atoms with Gasteiger partial charge in [-0.3, -0.25) is 5.10 Å². The number of aromatic nitrogens is 4. The van der Waals surface area contributed by atoms with E-state index in [1.54, 1.807) is 10.7 Å². The summed E-state index contributed by atoms with van der Waals surface area (Å²) in [6.45, 7) is 0. The van der Waals surface area contributed by atoms with Gasteiger partial charge in [0.1, 0.15) is 6.33 Å². The highest BCUT2D eigenvalue weighted by molar-refractivity contribution is 6.13. The van der Waals surface area contributed by atoms with Crippen LogP contribution in [0.4, 0.5) is 0 Å². The van der Waals surface area contributed by atoms with E-state index in [0.29, 0.717) is 5.65 Å². The van der Waals surface area contributed by atoms with Gasteiger partial charge in [0.2, 0.25) is 0 Å². The maximum atomic E-state index is 9.66. The Hall–Kier alpha value is -1.34. The Bertz CT molecular complexity index is 486. The average molecular weight is 204 g/mol. The molecule has 2 aromatic rings. The largest absolute Gasteiger partial charge is 0.393 e. The van der Waals surface area contributed by atoms with E-state index in [1.165, 1.54) is 6.33 Å². The molecule has 76 valence electrons. The molecule has 3 rings (SSSR count). The molecule has 1 aliphatic carbocycles. The lowest BCUT2D eigenvalue weighted by molar-refractivity contribution is -0.0501. The lowest BCUT2D eigenvalue weighted by Gasteiger charge is -2.44. The van der Waals surface area contributed by atoms with Gasteiger partial charge in [-0.15, -0.1) is 10.2 Å². The molecule has 3 N–H and O–H groups in total. The molecular weight excluding hydrogens is 195 g/mol. The van der Waals surface area contributed by atoms with E-state index in [4.69, 9.17) is 7.85 Å². The van der Waals surface area contributed by atoms with Crippen LogP contribution in [0.3, 0.4) is 0 Å². The van der Waals surface area contributed by atoms with Gasteiger partial charge in [0.05, 0.1) is 20.1 Å². The van der Waals surface area contributed by atoms with E-state index in [-0.39, 0.29) is 5.92 Å². The molecule has 1 fully saturated rings. The molecule has 0 aliphatic heterocycles. The molecule has 0 bridgehead atoms. The Balaban J connectivity index is 2.05. The minimum Gasteiger partial charge on any atom is -0.393 e. The average Bonchev–Trinajstić information content (AvgIpc) is 2.82. The maximum Gasteiger partial charge on any atom is 0.180 e. The van der Waals surface area contributed by atoms with Crippen LogP contribution < -0.4 is 0 Å². The van der Waals surface area contributed by atoms with E-state index in [1.807, 2.05) is 0 Å². The minimum atomic E-state index is -0.726. The summed E-state index contributed by atoms with van der Waals surface area (Å²) in [6, 6.07) is 0. The second kappa shape index (κ2) is 2.83. The molecule has 6 nitrogen and oxygen atoms in total. The van der Waals surface area contributed by atoms with Crippen molar-refractivity contribution in [1.29, 1.82) is 0 Å². The first-order valence-corrected chi connectivity index (χ1v) is 4.69. The molecule has 2 atom stereocenters. The van der Waals surface area contributed by atoms with Crippen molar-refractivity contribution in [2.24, 2.45) is 0 Å². The zero-order valence-electron chi connectivity index (χ0n) is 7.78. The third-order valence-corrected chi connectivity index (χ3v) is 3.05. The number of aromatic amines is 1. The third kappa shape index (κ3) is 1.02. The Morgan fingerprint density at radius 1 is 1.40 bits per heavy atom. The molecule has 2 radical (unpaired) electrons. The number of fused-ring (bicyclic) bond motifs is 1. The van der Waals surface area contributed by atoms with Gasteiger partial charge in [0.25, 0.3) is 0 Å². The molecule has 0 spiro atoms. The maximum absolute atomic E-state index is 9.66. The van der Waals surface area contributed by atoms with Crippen molar-refractivity contribution < 1.29 is 10.2 Å². The van der Waals surface area contributed by atoms with Gasteiger partial charge >= 0.3 is 0 Å². The fraction of sp³-hybridized carbons (Fsp3) is 0.500. The normalized spacial score (nSPS) is 35.6. The minimum absolute atomic E-state index is 0.377. The first-order valence-electron chi connectivity index (χ1n) is 4.69. The standard InChI is InChI=1S/C8H9BN4O2/c9-5-6(14)4(7(5)15)3-1-11-13-2-10-12-8(3)13/h1-2,4-7,11,14-15H. The van der Waals surface area contributed by atoms with Crippen molar-refractivity contribution in [2.45, 2.75) is 23.9 Å². The number of rotatable bonds is 1. The fourth-order valence-corrected chi connectivity index (χ4v) is 2.08. The lowest BCUT2D eigenvalue weighted by Crippen LogP contribution is -2.49. The number of nitrogens with one attached hydrogen (secondary N) is 1. The molecule has 1 aliphatic rings. The van der Waals surface area contributed by atoms with Crippen LogP contribution in [0.25, 0.3) is 5.65 Å². The van der Waals surface area contributed by atoms with Crippen LogP contribution in [0.15, 0.2) is 12.5 Å². The van der Waals surface area contributed by atoms with Crippen molar-refractivity contribution in [1.82, 2.24) is 19.8 Å². The van der Waals surface area contributed by atoms with Crippen LogP contribution in [0.2, 0.25) is 5.82 Å². The summed E-state index contributed by atoms with van der Waals surface area (Å²) in [5, 5.41) is 29.8. The first kappa shape index (κ1) is 8.93. The fourth-order valence-electron chi connectivity index (χ4n) is 2.08. The van der Waals surface area contributed by atoms with Crippen molar-refractivity contribution in [2.75, 3.05) is 0 Å². The second-order valence-electron chi connectivity index (χ2n) is 3.84. The van der Waals surface area contributed by atoms with Crippen LogP contribution in [0.5, 0.6) is 0 Å². The molecule has 0 saturated heterocycles. The van der Waals surface area contributed by atoms with Crippen LogP contribution in [0, 0.1) is 0 Å². The topological polar surface area (TPSA) is 86.4 Å². The van der Waals surface area contributed by atoms with E-state index >= 15 is 0 Å². The summed E-state index contributed by atoms with van der Waals surface area (Å²) in [4.78, 5) is 0. The Labute approximate surface area is 86.3 Å². The Kier molecular flexibility index (Phi) is 1.69. The molecular formula is C8H9BN4O2. The van der Waals surface area contributed by atoms with Crippen LogP contribution in [-0.2, 0) is 0 Å². The smallest absolute Gasteiger partial charge is 0.180 e. The van der Waals surface area contributed by atoms with Gasteiger partial charge in [-0.05, 0) is 5.82 Å². The summed E-state index contributed by atoms with van der Waals surface area (Å²) < 4.78 is 1.62. The van der Waals surface area contributed by atoms with E-state index < -0.39 is 18.0 Å². The molecule has 0 aromatic carbocycles. The quantitative estimate of drug-likeness (QED) is 0.511. The second-order valence-corrected chi connectivity index (χ2v) is 3.84. The van der Waals surface area contributed by atoms with Crippen molar-refractivity contribution in [3.8, 4) is 0 Å². The molecule has 2 heterocycles. The zero-order valence-corrected chi connectivity index (χ0v) is 7.78. The number of H-pyrrole nitrogens is 1. The molecule has 1 saturated carbocycles. The van der Waals surface area contributed by atoms with Gasteiger partial charge in [0, 0.05) is 17.7 Å². The number of aliphatic hydroxyl groups excluding tert-OH is 2. The SMILES string of the molecule is [B]C1C(O)C(c2c[nH]n3cnnc23)C1O. The van der Waals surface area contributed by atoms with E-state index in [9.17, 15) is 10.2 Å². The third-order valence-electron chi connectivity index (χ3n) is 3.05. The van der Waals surface area contributed by atoms with Crippen LogP contribution in [-0.4, -0.2) is 50.1 Å². The summed E-state index contributed by atoms with van der Waals surface area (Å²) in [6.07, 6.45) is 1.77. The predicted molar refractivity (Wildman–Crippen MR) is 51.6 cm³/mol. The lowest BCUT2D eigenvalue weighted by atomic mass is 9.57. The number of hydrogen-bond acceptors (Lipinski definition) is 4. The molecule has 15 heavy (non-hydrogen) atoms. The molecule has 2 unspecified atom stereocenters. The highest BCUT2D eigenvalue weighted by Crippen LogP contribution is 2.45. The van der Waals surface area contributed by atoms with Gasteiger partial charge < -0.3 is 10.2 Å². The van der Waals surface area contributed by atoms with Crippen molar-refractivity contribution in [3.63, 3.8) is 0 Å². The number of aliphatic hydroxyl groups is 2. The summed E-state index contributed by atoms with van der Waals surface area (Å²) in [5.74, 6) is -0.953. The van der Waals surface area contributed by atoms with Gasteiger partial charge in [0.15, 0.2) is 5.65 Å². The van der Waals surface area contributed by atoms with Crippen LogP contribution in [0.1, 0.15) is 11.5 Å². The number of hydrogen-bond donors (Lipinski definition) is 3. The van der Waals surface area contributed by atoms with Crippen LogP contribution >= 0.6 is 0 Å². The van der Waals surface area contributed by atoms with E-state index in [0.717, 1.165) is 5.56 Å². The molecule has 0 amide bonds. The Morgan fingerprint density at radius 3 is 2.87 bits per heavy atom. The number of nitrogens with zero attached hydrogens (tertiary/aromatic N) is 3. The summed E-state index contributed by atoms with van der Waals surface area (Å²) in [5.41, 5.74) is 1.36. The van der Waals surface area contributed by atoms with Gasteiger partial charge in [-0.2, -0.15) is 0 Å². The summed E-state index contributed by atoms with van der Waals surface area (Å²) >= 11 is 0. The van der Waals surface area contributed by atoms with Crippen molar-refractivity contribution in [3.05, 3.63) is 18.1 Å². The highest BCUT2D eigenvalue weighted by atomic mass is 16.3. The monoisotopic (exact) mass is 204 g/mol. The van der Waals surface area contributed by atoms with E-state index in [2.05, 4.69) is 15.3 Å². The highest BCUT2D eigenvalue weighted by Gasteiger charge is 2.47. The summed E-state index contributed by atoms with van der Waals surface area (Å²) in [7, 11) is 5.53.